The third-order valence-corrected chi connectivity index (χ3v) is 3.15. The molecule has 21 heavy (non-hydrogen) atoms. The van der Waals surface area contributed by atoms with Crippen LogP contribution >= 0.6 is 11.6 Å². The highest BCUT2D eigenvalue weighted by Crippen LogP contribution is 2.21. The Morgan fingerprint density at radius 1 is 1.14 bits per heavy atom. The van der Waals surface area contributed by atoms with E-state index in [1.807, 2.05) is 0 Å². The zero-order valence-electron chi connectivity index (χ0n) is 10.8. The second-order valence-corrected chi connectivity index (χ2v) is 4.76. The molecule has 0 saturated carbocycles. The lowest BCUT2D eigenvalue weighted by Gasteiger charge is -2.08. The van der Waals surface area contributed by atoms with Crippen LogP contribution in [0.3, 0.4) is 0 Å². The van der Waals surface area contributed by atoms with Crippen LogP contribution in [0.5, 0.6) is 5.75 Å². The number of aromatic hydroxyl groups is 1. The molecule has 0 atom stereocenters. The lowest BCUT2D eigenvalue weighted by atomic mass is 10.1. The Bertz CT molecular complexity index is 700. The number of carboxylic acids is 1. The number of amides is 1. The maximum Gasteiger partial charge on any atom is 0.335 e. The lowest BCUT2D eigenvalue weighted by molar-refractivity contribution is 0.0696. The molecule has 5 nitrogen and oxygen atoms in total. The average molecular weight is 306 g/mol. The first-order valence-electron chi connectivity index (χ1n) is 6.06. The van der Waals surface area contributed by atoms with Crippen LogP contribution in [-0.4, -0.2) is 22.1 Å². The highest BCUT2D eigenvalue weighted by atomic mass is 35.5. The van der Waals surface area contributed by atoms with Crippen LogP contribution in [0.25, 0.3) is 0 Å². The standard InChI is InChI=1S/C15H12ClNO4/c16-13-5-4-11(18)7-12(13)14(19)17-8-9-2-1-3-10(6-9)15(20)21/h1-7,18H,8H2,(H,17,19)(H,20,21). The number of nitrogens with one attached hydrogen (secondary N) is 1. The highest BCUT2D eigenvalue weighted by molar-refractivity contribution is 6.33. The molecule has 0 aliphatic carbocycles. The second kappa shape index (κ2) is 6.28. The number of hydrogen-bond acceptors (Lipinski definition) is 3. The van der Waals surface area contributed by atoms with E-state index in [4.69, 9.17) is 16.7 Å². The van der Waals surface area contributed by atoms with E-state index in [-0.39, 0.29) is 28.4 Å². The molecular formula is C15H12ClNO4. The van der Waals surface area contributed by atoms with Crippen LogP contribution in [0.15, 0.2) is 42.5 Å². The zero-order chi connectivity index (χ0) is 15.4. The summed E-state index contributed by atoms with van der Waals surface area (Å²) in [6.45, 7) is 0.159. The van der Waals surface area contributed by atoms with E-state index in [0.717, 1.165) is 0 Å². The fourth-order valence-electron chi connectivity index (χ4n) is 1.78. The minimum Gasteiger partial charge on any atom is -0.508 e. The molecule has 2 rings (SSSR count). The number of rotatable bonds is 4. The summed E-state index contributed by atoms with van der Waals surface area (Å²) in [5.74, 6) is -1.53. The zero-order valence-corrected chi connectivity index (χ0v) is 11.6. The van der Waals surface area contributed by atoms with E-state index in [1.165, 1.54) is 30.3 Å². The molecule has 6 heteroatoms. The minimum atomic E-state index is -1.03. The molecule has 3 N–H and O–H groups in total. The summed E-state index contributed by atoms with van der Waals surface area (Å²) in [4.78, 5) is 22.8. The molecule has 1 amide bonds. The van der Waals surface area contributed by atoms with E-state index in [2.05, 4.69) is 5.32 Å². The monoisotopic (exact) mass is 305 g/mol. The van der Waals surface area contributed by atoms with Gasteiger partial charge in [0, 0.05) is 6.54 Å². The molecule has 0 bridgehead atoms. The molecule has 2 aromatic carbocycles. The molecule has 0 unspecified atom stereocenters. The number of benzene rings is 2. The number of phenolic OH excluding ortho intramolecular Hbond substituents is 1. The van der Waals surface area contributed by atoms with Gasteiger partial charge in [0.15, 0.2) is 0 Å². The summed E-state index contributed by atoms with van der Waals surface area (Å²) in [6, 6.07) is 10.3. The van der Waals surface area contributed by atoms with Gasteiger partial charge in [0.25, 0.3) is 5.91 Å². The molecule has 0 fully saturated rings. The predicted octanol–water partition coefficient (Wildman–Crippen LogP) is 2.67. The fourth-order valence-corrected chi connectivity index (χ4v) is 1.98. The van der Waals surface area contributed by atoms with E-state index in [0.29, 0.717) is 5.56 Å². The van der Waals surface area contributed by atoms with Gasteiger partial charge < -0.3 is 15.5 Å². The Kier molecular flexibility index (Phi) is 4.45. The van der Waals surface area contributed by atoms with Crippen molar-refractivity contribution in [3.8, 4) is 5.75 Å². The first kappa shape index (κ1) is 14.9. The highest BCUT2D eigenvalue weighted by Gasteiger charge is 2.11. The third-order valence-electron chi connectivity index (χ3n) is 2.82. The summed E-state index contributed by atoms with van der Waals surface area (Å²) in [6.07, 6.45) is 0. The lowest BCUT2D eigenvalue weighted by Crippen LogP contribution is -2.23. The number of carbonyl (C=O) groups is 2. The molecule has 2 aromatic rings. The van der Waals surface area contributed by atoms with Gasteiger partial charge in [0.05, 0.1) is 16.1 Å². The van der Waals surface area contributed by atoms with Gasteiger partial charge in [-0.1, -0.05) is 23.7 Å². The number of carboxylic acid groups (broad SMARTS) is 1. The summed E-state index contributed by atoms with van der Waals surface area (Å²) in [5.41, 5.74) is 0.961. The normalized spacial score (nSPS) is 10.1. The van der Waals surface area contributed by atoms with Crippen LogP contribution in [0.1, 0.15) is 26.3 Å². The SMILES string of the molecule is O=C(O)c1cccc(CNC(=O)c2cc(O)ccc2Cl)c1. The largest absolute Gasteiger partial charge is 0.508 e. The maximum absolute atomic E-state index is 12.0. The van der Waals surface area contributed by atoms with Crippen LogP contribution in [0.2, 0.25) is 5.02 Å². The molecule has 0 saturated heterocycles. The van der Waals surface area contributed by atoms with Crippen LogP contribution < -0.4 is 5.32 Å². The Morgan fingerprint density at radius 2 is 1.90 bits per heavy atom. The van der Waals surface area contributed by atoms with Gasteiger partial charge in [0.1, 0.15) is 5.75 Å². The number of hydrogen-bond donors (Lipinski definition) is 3. The van der Waals surface area contributed by atoms with E-state index in [9.17, 15) is 14.7 Å². The Hall–Kier alpha value is -2.53. The van der Waals surface area contributed by atoms with Crippen molar-refractivity contribution < 1.29 is 19.8 Å². The second-order valence-electron chi connectivity index (χ2n) is 4.35. The summed E-state index contributed by atoms with van der Waals surface area (Å²) >= 11 is 5.89. The van der Waals surface area contributed by atoms with Crippen molar-refractivity contribution in [2.75, 3.05) is 0 Å². The first-order valence-corrected chi connectivity index (χ1v) is 6.44. The third kappa shape index (κ3) is 3.73. The van der Waals surface area contributed by atoms with Gasteiger partial charge >= 0.3 is 5.97 Å². The topological polar surface area (TPSA) is 86.6 Å². The molecule has 0 aromatic heterocycles. The molecule has 0 aliphatic rings. The van der Waals surface area contributed by atoms with E-state index < -0.39 is 11.9 Å². The molecule has 108 valence electrons. The van der Waals surface area contributed by atoms with Gasteiger partial charge in [-0.3, -0.25) is 4.79 Å². The summed E-state index contributed by atoms with van der Waals surface area (Å²) < 4.78 is 0. The maximum atomic E-state index is 12.0. The van der Waals surface area contributed by atoms with Crippen LogP contribution in [0.4, 0.5) is 0 Å². The van der Waals surface area contributed by atoms with Gasteiger partial charge in [-0.05, 0) is 35.9 Å². The molecule has 0 aliphatic heterocycles. The average Bonchev–Trinajstić information content (AvgIpc) is 2.47. The smallest absolute Gasteiger partial charge is 0.335 e. The van der Waals surface area contributed by atoms with Crippen molar-refractivity contribution >= 4 is 23.5 Å². The number of aromatic carboxylic acids is 1. The van der Waals surface area contributed by atoms with Crippen molar-refractivity contribution in [2.45, 2.75) is 6.54 Å². The van der Waals surface area contributed by atoms with Gasteiger partial charge in [-0.15, -0.1) is 0 Å². The number of halogens is 1. The summed E-state index contributed by atoms with van der Waals surface area (Å²) in [7, 11) is 0. The van der Waals surface area contributed by atoms with E-state index in [1.54, 1.807) is 12.1 Å². The van der Waals surface area contributed by atoms with Crippen LogP contribution in [-0.2, 0) is 6.54 Å². The van der Waals surface area contributed by atoms with Crippen molar-refractivity contribution in [1.82, 2.24) is 5.32 Å². The quantitative estimate of drug-likeness (QED) is 0.810. The van der Waals surface area contributed by atoms with Crippen LogP contribution in [0, 0.1) is 0 Å². The number of phenols is 1. The van der Waals surface area contributed by atoms with Crippen molar-refractivity contribution in [3.05, 3.63) is 64.2 Å². The Balaban J connectivity index is 2.09. The van der Waals surface area contributed by atoms with Crippen molar-refractivity contribution in [3.63, 3.8) is 0 Å². The van der Waals surface area contributed by atoms with Crippen molar-refractivity contribution in [1.29, 1.82) is 0 Å². The molecule has 0 heterocycles. The molecule has 0 spiro atoms. The van der Waals surface area contributed by atoms with Crippen molar-refractivity contribution in [2.24, 2.45) is 0 Å². The van der Waals surface area contributed by atoms with Gasteiger partial charge in [0.2, 0.25) is 0 Å². The summed E-state index contributed by atoms with van der Waals surface area (Å²) in [5, 5.41) is 21.1. The molecular weight excluding hydrogens is 294 g/mol. The predicted molar refractivity (Wildman–Crippen MR) is 77.7 cm³/mol. The number of carbonyl (C=O) groups excluding carboxylic acids is 1. The Morgan fingerprint density at radius 3 is 2.62 bits per heavy atom. The fraction of sp³-hybridized carbons (Fsp3) is 0.0667. The van der Waals surface area contributed by atoms with E-state index >= 15 is 0 Å². The minimum absolute atomic E-state index is 0.0579. The van der Waals surface area contributed by atoms with Gasteiger partial charge in [-0.25, -0.2) is 4.79 Å². The molecule has 0 radical (unpaired) electrons. The first-order chi connectivity index (χ1) is 9.97. The van der Waals surface area contributed by atoms with Gasteiger partial charge in [-0.2, -0.15) is 0 Å². The Labute approximate surface area is 125 Å².